The highest BCUT2D eigenvalue weighted by Gasteiger charge is 2.15. The van der Waals surface area contributed by atoms with Crippen molar-refractivity contribution in [2.45, 2.75) is 6.54 Å². The van der Waals surface area contributed by atoms with Crippen molar-refractivity contribution in [1.82, 2.24) is 9.97 Å². The molecule has 0 bridgehead atoms. The first-order chi connectivity index (χ1) is 12.7. The number of fused-ring (bicyclic) bond motifs is 1. The average Bonchev–Trinajstić information content (AvgIpc) is 2.67. The number of ether oxygens (including phenoxy) is 1. The van der Waals surface area contributed by atoms with E-state index in [1.165, 1.54) is 6.33 Å². The summed E-state index contributed by atoms with van der Waals surface area (Å²) in [5.74, 6) is 0.524. The van der Waals surface area contributed by atoms with Gasteiger partial charge in [-0.3, -0.25) is 0 Å². The number of hydrogen-bond donors (Lipinski definition) is 1. The Morgan fingerprint density at radius 1 is 1.12 bits per heavy atom. The molecule has 134 valence electrons. The van der Waals surface area contributed by atoms with Crippen molar-refractivity contribution in [1.29, 1.82) is 0 Å². The molecule has 5 nitrogen and oxygen atoms in total. The molecule has 0 saturated carbocycles. The van der Waals surface area contributed by atoms with Gasteiger partial charge in [0.1, 0.15) is 18.0 Å². The maximum atomic E-state index is 14.5. The smallest absolute Gasteiger partial charge is 0.146 e. The van der Waals surface area contributed by atoms with Crippen LogP contribution in [0, 0.1) is 5.82 Å². The molecule has 0 atom stereocenters. The second-order valence-electron chi connectivity index (χ2n) is 6.12. The van der Waals surface area contributed by atoms with E-state index in [1.807, 2.05) is 35.2 Å². The number of morpholine rings is 1. The highest BCUT2D eigenvalue weighted by Crippen LogP contribution is 2.25. The van der Waals surface area contributed by atoms with Crippen molar-refractivity contribution >= 4 is 38.3 Å². The van der Waals surface area contributed by atoms with Crippen LogP contribution in [0.25, 0.3) is 10.9 Å². The summed E-state index contributed by atoms with van der Waals surface area (Å²) in [6.45, 7) is 3.20. The van der Waals surface area contributed by atoms with Gasteiger partial charge in [0.05, 0.1) is 24.4 Å². The fourth-order valence-electron chi connectivity index (χ4n) is 3.08. The minimum Gasteiger partial charge on any atom is -0.378 e. The lowest BCUT2D eigenvalue weighted by Crippen LogP contribution is -2.36. The molecule has 0 radical (unpaired) electrons. The summed E-state index contributed by atoms with van der Waals surface area (Å²) < 4.78 is 20.8. The van der Waals surface area contributed by atoms with Gasteiger partial charge in [-0.25, -0.2) is 14.4 Å². The molecule has 1 saturated heterocycles. The number of benzene rings is 2. The lowest BCUT2D eigenvalue weighted by atomic mass is 10.1. The maximum Gasteiger partial charge on any atom is 0.146 e. The number of rotatable bonds is 4. The van der Waals surface area contributed by atoms with Gasteiger partial charge in [-0.2, -0.15) is 0 Å². The molecule has 4 rings (SSSR count). The SMILES string of the molecule is Fc1cc(CNc2ncnc3ccc(Br)cc23)ccc1N1CCOCC1. The standard InChI is InChI=1S/C19H18BrFN4O/c20-14-2-3-17-15(10-14)19(24-12-23-17)22-11-13-1-4-18(16(21)9-13)25-5-7-26-8-6-25/h1-4,9-10,12H,5-8,11H2,(H,22,23,24). The molecule has 1 aromatic heterocycles. The Kier molecular flexibility index (Phi) is 4.99. The van der Waals surface area contributed by atoms with Crippen LogP contribution in [0.5, 0.6) is 0 Å². The van der Waals surface area contributed by atoms with Gasteiger partial charge in [-0.1, -0.05) is 22.0 Å². The Balaban J connectivity index is 1.51. The first-order valence-corrected chi connectivity index (χ1v) is 9.25. The number of aromatic nitrogens is 2. The third-order valence-electron chi connectivity index (χ3n) is 4.42. The molecule has 2 heterocycles. The molecule has 3 aromatic rings. The fourth-order valence-corrected chi connectivity index (χ4v) is 3.44. The summed E-state index contributed by atoms with van der Waals surface area (Å²) >= 11 is 3.47. The molecule has 2 aromatic carbocycles. The molecular formula is C19H18BrFN4O. The summed E-state index contributed by atoms with van der Waals surface area (Å²) in [7, 11) is 0. The number of nitrogens with zero attached hydrogens (tertiary/aromatic N) is 3. The van der Waals surface area contributed by atoms with Crippen LogP contribution in [0.4, 0.5) is 15.9 Å². The zero-order chi connectivity index (χ0) is 17.9. The van der Waals surface area contributed by atoms with Crippen LogP contribution in [0.1, 0.15) is 5.56 Å². The summed E-state index contributed by atoms with van der Waals surface area (Å²) in [5, 5.41) is 4.21. The lowest BCUT2D eigenvalue weighted by molar-refractivity contribution is 0.122. The second kappa shape index (κ2) is 7.55. The van der Waals surface area contributed by atoms with Crippen molar-refractivity contribution in [3.63, 3.8) is 0 Å². The highest BCUT2D eigenvalue weighted by atomic mass is 79.9. The third kappa shape index (κ3) is 3.64. The minimum absolute atomic E-state index is 0.207. The van der Waals surface area contributed by atoms with E-state index in [-0.39, 0.29) is 5.82 Å². The molecule has 1 N–H and O–H groups in total. The fraction of sp³-hybridized carbons (Fsp3) is 0.263. The van der Waals surface area contributed by atoms with Gasteiger partial charge in [0, 0.05) is 29.5 Å². The zero-order valence-corrected chi connectivity index (χ0v) is 15.7. The molecule has 0 spiro atoms. The predicted octanol–water partition coefficient (Wildman–Crippen LogP) is 3.98. The predicted molar refractivity (Wildman–Crippen MR) is 104 cm³/mol. The largest absolute Gasteiger partial charge is 0.378 e. The molecular weight excluding hydrogens is 399 g/mol. The van der Waals surface area contributed by atoms with Crippen LogP contribution in [0.2, 0.25) is 0 Å². The van der Waals surface area contributed by atoms with Gasteiger partial charge in [0.25, 0.3) is 0 Å². The quantitative estimate of drug-likeness (QED) is 0.696. The van der Waals surface area contributed by atoms with Crippen LogP contribution in [0.3, 0.4) is 0 Å². The van der Waals surface area contributed by atoms with Crippen molar-refractivity contribution in [2.24, 2.45) is 0 Å². The lowest BCUT2D eigenvalue weighted by Gasteiger charge is -2.29. The number of anilines is 2. The molecule has 26 heavy (non-hydrogen) atoms. The first-order valence-electron chi connectivity index (χ1n) is 8.46. The van der Waals surface area contributed by atoms with Gasteiger partial charge >= 0.3 is 0 Å². The van der Waals surface area contributed by atoms with Crippen LogP contribution in [-0.4, -0.2) is 36.3 Å². The summed E-state index contributed by atoms with van der Waals surface area (Å²) in [6, 6.07) is 11.2. The Morgan fingerprint density at radius 3 is 2.77 bits per heavy atom. The molecule has 1 aliphatic rings. The summed E-state index contributed by atoms with van der Waals surface area (Å²) in [4.78, 5) is 10.6. The van der Waals surface area contributed by atoms with Gasteiger partial charge in [0.2, 0.25) is 0 Å². The van der Waals surface area contributed by atoms with E-state index < -0.39 is 0 Å². The Hall–Kier alpha value is -2.25. The average molecular weight is 417 g/mol. The highest BCUT2D eigenvalue weighted by molar-refractivity contribution is 9.10. The second-order valence-corrected chi connectivity index (χ2v) is 7.04. The monoisotopic (exact) mass is 416 g/mol. The van der Waals surface area contributed by atoms with Gasteiger partial charge in [-0.05, 0) is 35.9 Å². The Bertz CT molecular complexity index is 931. The van der Waals surface area contributed by atoms with Crippen LogP contribution in [-0.2, 0) is 11.3 Å². The first kappa shape index (κ1) is 17.2. The zero-order valence-electron chi connectivity index (χ0n) is 14.1. The van der Waals surface area contributed by atoms with E-state index in [2.05, 4.69) is 31.2 Å². The van der Waals surface area contributed by atoms with E-state index in [1.54, 1.807) is 6.07 Å². The van der Waals surface area contributed by atoms with Crippen molar-refractivity contribution in [3.8, 4) is 0 Å². The maximum absolute atomic E-state index is 14.5. The van der Waals surface area contributed by atoms with Gasteiger partial charge in [-0.15, -0.1) is 0 Å². The number of halogens is 2. The summed E-state index contributed by atoms with van der Waals surface area (Å²) in [5.41, 5.74) is 2.36. The van der Waals surface area contributed by atoms with E-state index in [9.17, 15) is 4.39 Å². The van der Waals surface area contributed by atoms with Crippen molar-refractivity contribution < 1.29 is 9.13 Å². The van der Waals surface area contributed by atoms with E-state index in [4.69, 9.17) is 4.74 Å². The Labute approximate surface area is 159 Å². The third-order valence-corrected chi connectivity index (χ3v) is 4.91. The van der Waals surface area contributed by atoms with E-state index in [0.29, 0.717) is 25.4 Å². The molecule has 0 amide bonds. The van der Waals surface area contributed by atoms with Crippen molar-refractivity contribution in [3.05, 3.63) is 58.6 Å². The van der Waals surface area contributed by atoms with Crippen LogP contribution < -0.4 is 10.2 Å². The van der Waals surface area contributed by atoms with Crippen LogP contribution >= 0.6 is 15.9 Å². The van der Waals surface area contributed by atoms with E-state index >= 15 is 0 Å². The molecule has 0 unspecified atom stereocenters. The molecule has 7 heteroatoms. The van der Waals surface area contributed by atoms with Gasteiger partial charge < -0.3 is 15.0 Å². The molecule has 1 aliphatic heterocycles. The number of nitrogens with one attached hydrogen (secondary N) is 1. The normalized spacial score (nSPS) is 14.6. The molecule has 0 aliphatic carbocycles. The Morgan fingerprint density at radius 2 is 1.96 bits per heavy atom. The topological polar surface area (TPSA) is 50.3 Å². The van der Waals surface area contributed by atoms with Crippen molar-refractivity contribution in [2.75, 3.05) is 36.5 Å². The summed E-state index contributed by atoms with van der Waals surface area (Å²) in [6.07, 6.45) is 1.53. The van der Waals surface area contributed by atoms with Crippen LogP contribution in [0.15, 0.2) is 47.2 Å². The number of hydrogen-bond acceptors (Lipinski definition) is 5. The molecule has 1 fully saturated rings. The van der Waals surface area contributed by atoms with Gasteiger partial charge in [0.15, 0.2) is 0 Å². The minimum atomic E-state index is -0.207. The van der Waals surface area contributed by atoms with E-state index in [0.717, 1.165) is 39.8 Å².